The maximum absolute atomic E-state index is 11.8. The number of nitrogens with zero attached hydrogens (tertiary/aromatic N) is 1. The van der Waals surface area contributed by atoms with Crippen LogP contribution in [0.2, 0.25) is 0 Å². The lowest BCUT2D eigenvalue weighted by atomic mass is 10.1. The molecule has 0 saturated carbocycles. The molecule has 5 aromatic rings. The number of esters is 2. The van der Waals surface area contributed by atoms with Crippen molar-refractivity contribution >= 4 is 33.5 Å². The van der Waals surface area contributed by atoms with Crippen LogP contribution in [0.5, 0.6) is 23.3 Å². The Bertz CT molecular complexity index is 1540. The standard InChI is InChI=1S/C30H23NO6/c1-18-12-27(36-25-10-8-19-14-23(29(32)34-2)6-4-21(19)16-25)31-28(13-18)37-26-11-9-20-15-24(30(33)35-3)7-5-22(20)17-26/h4-17H,1-3H3. The van der Waals surface area contributed by atoms with Crippen LogP contribution in [-0.4, -0.2) is 31.1 Å². The van der Waals surface area contributed by atoms with Crippen LogP contribution in [0.4, 0.5) is 0 Å². The zero-order valence-corrected chi connectivity index (χ0v) is 20.5. The summed E-state index contributed by atoms with van der Waals surface area (Å²) >= 11 is 0. The Kier molecular flexibility index (Phi) is 6.43. The van der Waals surface area contributed by atoms with Crippen molar-refractivity contribution < 1.29 is 28.5 Å². The number of methoxy groups -OCH3 is 2. The van der Waals surface area contributed by atoms with Crippen LogP contribution < -0.4 is 9.47 Å². The minimum Gasteiger partial charge on any atom is -0.465 e. The molecule has 0 amide bonds. The van der Waals surface area contributed by atoms with E-state index in [-0.39, 0.29) is 11.9 Å². The molecule has 0 unspecified atom stereocenters. The van der Waals surface area contributed by atoms with Gasteiger partial charge in [0.15, 0.2) is 0 Å². The van der Waals surface area contributed by atoms with Crippen molar-refractivity contribution in [1.82, 2.24) is 4.98 Å². The quantitative estimate of drug-likeness (QED) is 0.239. The lowest BCUT2D eigenvalue weighted by molar-refractivity contribution is 0.0592. The van der Waals surface area contributed by atoms with E-state index < -0.39 is 0 Å². The number of ether oxygens (including phenoxy) is 4. The van der Waals surface area contributed by atoms with Gasteiger partial charge in [-0.2, -0.15) is 4.98 Å². The fourth-order valence-corrected chi connectivity index (χ4v) is 4.01. The molecule has 4 aromatic carbocycles. The summed E-state index contributed by atoms with van der Waals surface area (Å²) in [6.07, 6.45) is 0. The number of aromatic nitrogens is 1. The first-order valence-corrected chi connectivity index (χ1v) is 11.5. The molecule has 7 nitrogen and oxygen atoms in total. The highest BCUT2D eigenvalue weighted by Crippen LogP contribution is 2.30. The highest BCUT2D eigenvalue weighted by Gasteiger charge is 2.10. The summed E-state index contributed by atoms with van der Waals surface area (Å²) in [6, 6.07) is 25.5. The predicted octanol–water partition coefficient (Wildman–Crippen LogP) is 6.85. The molecule has 0 aliphatic carbocycles. The minimum atomic E-state index is -0.379. The van der Waals surface area contributed by atoms with Gasteiger partial charge in [-0.1, -0.05) is 24.3 Å². The fraction of sp³-hybridized carbons (Fsp3) is 0.100. The van der Waals surface area contributed by atoms with Crippen molar-refractivity contribution in [1.29, 1.82) is 0 Å². The molecule has 0 radical (unpaired) electrons. The molecule has 0 saturated heterocycles. The third kappa shape index (κ3) is 5.21. The average Bonchev–Trinajstić information content (AvgIpc) is 2.91. The molecule has 1 heterocycles. The first-order valence-electron chi connectivity index (χ1n) is 11.5. The molecule has 184 valence electrons. The predicted molar refractivity (Wildman–Crippen MR) is 140 cm³/mol. The Hall–Kier alpha value is -4.91. The monoisotopic (exact) mass is 493 g/mol. The minimum absolute atomic E-state index is 0.379. The number of hydrogen-bond donors (Lipinski definition) is 0. The van der Waals surface area contributed by atoms with Gasteiger partial charge >= 0.3 is 11.9 Å². The van der Waals surface area contributed by atoms with E-state index in [1.54, 1.807) is 24.3 Å². The lowest BCUT2D eigenvalue weighted by Crippen LogP contribution is -2.00. The first-order chi connectivity index (χ1) is 17.9. The number of benzene rings is 4. The molecule has 0 aliphatic heterocycles. The number of carbonyl (C=O) groups is 2. The SMILES string of the molecule is COC(=O)c1ccc2cc(Oc3cc(C)cc(Oc4ccc5cc(C(=O)OC)ccc5c4)n3)ccc2c1. The van der Waals surface area contributed by atoms with Crippen LogP contribution in [0.25, 0.3) is 21.5 Å². The van der Waals surface area contributed by atoms with E-state index >= 15 is 0 Å². The molecule has 7 heteroatoms. The number of pyridine rings is 1. The van der Waals surface area contributed by atoms with Crippen LogP contribution in [0.1, 0.15) is 26.3 Å². The number of carbonyl (C=O) groups excluding carboxylic acids is 2. The Balaban J connectivity index is 1.36. The highest BCUT2D eigenvalue weighted by molar-refractivity contribution is 5.96. The molecule has 0 bridgehead atoms. The van der Waals surface area contributed by atoms with Crippen molar-refractivity contribution in [2.75, 3.05) is 14.2 Å². The second kappa shape index (κ2) is 9.99. The van der Waals surface area contributed by atoms with E-state index in [0.717, 1.165) is 27.1 Å². The smallest absolute Gasteiger partial charge is 0.337 e. The van der Waals surface area contributed by atoms with Gasteiger partial charge in [0.25, 0.3) is 0 Å². The van der Waals surface area contributed by atoms with Crippen molar-refractivity contribution in [3.63, 3.8) is 0 Å². The molecule has 0 N–H and O–H groups in total. The van der Waals surface area contributed by atoms with Crippen molar-refractivity contribution in [3.05, 3.63) is 102 Å². The third-order valence-electron chi connectivity index (χ3n) is 5.83. The van der Waals surface area contributed by atoms with Gasteiger partial charge in [0.1, 0.15) is 11.5 Å². The summed E-state index contributed by atoms with van der Waals surface area (Å²) in [5, 5.41) is 3.62. The van der Waals surface area contributed by atoms with Crippen molar-refractivity contribution in [3.8, 4) is 23.3 Å². The maximum atomic E-state index is 11.8. The van der Waals surface area contributed by atoms with Gasteiger partial charge in [0.2, 0.25) is 11.8 Å². The van der Waals surface area contributed by atoms with Crippen molar-refractivity contribution in [2.24, 2.45) is 0 Å². The Morgan fingerprint density at radius 1 is 0.568 bits per heavy atom. The lowest BCUT2D eigenvalue weighted by Gasteiger charge is -2.11. The van der Waals surface area contributed by atoms with Gasteiger partial charge in [0, 0.05) is 12.1 Å². The van der Waals surface area contributed by atoms with Crippen LogP contribution >= 0.6 is 0 Å². The summed E-state index contributed by atoms with van der Waals surface area (Å²) in [6.45, 7) is 1.94. The first kappa shape index (κ1) is 23.8. The van der Waals surface area contributed by atoms with Gasteiger partial charge in [0.05, 0.1) is 25.3 Å². The topological polar surface area (TPSA) is 84.0 Å². The summed E-state index contributed by atoms with van der Waals surface area (Å²) < 4.78 is 21.7. The van der Waals surface area contributed by atoms with Crippen LogP contribution in [0.3, 0.4) is 0 Å². The molecular formula is C30H23NO6. The molecule has 0 fully saturated rings. The highest BCUT2D eigenvalue weighted by atomic mass is 16.5. The summed E-state index contributed by atoms with van der Waals surface area (Å²) in [4.78, 5) is 28.1. The van der Waals surface area contributed by atoms with Crippen LogP contribution in [0.15, 0.2) is 84.9 Å². The number of rotatable bonds is 6. The van der Waals surface area contributed by atoms with E-state index in [9.17, 15) is 9.59 Å². The Morgan fingerprint density at radius 3 is 1.41 bits per heavy atom. The van der Waals surface area contributed by atoms with Gasteiger partial charge in [-0.05, 0) is 82.6 Å². The zero-order chi connectivity index (χ0) is 25.9. The van der Waals surface area contributed by atoms with E-state index in [4.69, 9.17) is 18.9 Å². The molecule has 0 aliphatic rings. The molecule has 5 rings (SSSR count). The molecular weight excluding hydrogens is 470 g/mol. The van der Waals surface area contributed by atoms with E-state index in [1.807, 2.05) is 67.6 Å². The number of hydrogen-bond acceptors (Lipinski definition) is 7. The van der Waals surface area contributed by atoms with E-state index in [1.165, 1.54) is 14.2 Å². The second-order valence-corrected chi connectivity index (χ2v) is 8.46. The van der Waals surface area contributed by atoms with Crippen molar-refractivity contribution in [2.45, 2.75) is 6.92 Å². The fourth-order valence-electron chi connectivity index (χ4n) is 4.01. The number of aryl methyl sites for hydroxylation is 1. The van der Waals surface area contributed by atoms with E-state index in [2.05, 4.69) is 4.98 Å². The molecule has 0 atom stereocenters. The summed E-state index contributed by atoms with van der Waals surface area (Å²) in [5.74, 6) is 1.24. The molecule has 37 heavy (non-hydrogen) atoms. The average molecular weight is 494 g/mol. The normalized spacial score (nSPS) is 10.8. The van der Waals surface area contributed by atoms with Gasteiger partial charge in [-0.3, -0.25) is 0 Å². The number of fused-ring (bicyclic) bond motifs is 2. The summed E-state index contributed by atoms with van der Waals surface area (Å²) in [7, 11) is 2.72. The van der Waals surface area contributed by atoms with Gasteiger partial charge in [-0.25, -0.2) is 9.59 Å². The largest absolute Gasteiger partial charge is 0.465 e. The van der Waals surface area contributed by atoms with Gasteiger partial charge in [-0.15, -0.1) is 0 Å². The Morgan fingerprint density at radius 2 is 0.973 bits per heavy atom. The zero-order valence-electron chi connectivity index (χ0n) is 20.5. The van der Waals surface area contributed by atoms with E-state index in [0.29, 0.717) is 34.4 Å². The molecule has 0 spiro atoms. The maximum Gasteiger partial charge on any atom is 0.337 e. The molecule has 1 aromatic heterocycles. The van der Waals surface area contributed by atoms with Crippen LogP contribution in [0, 0.1) is 6.92 Å². The van der Waals surface area contributed by atoms with Gasteiger partial charge < -0.3 is 18.9 Å². The van der Waals surface area contributed by atoms with Crippen LogP contribution in [-0.2, 0) is 9.47 Å². The summed E-state index contributed by atoms with van der Waals surface area (Å²) in [5.41, 5.74) is 1.90. The second-order valence-electron chi connectivity index (χ2n) is 8.46. The Labute approximate surface area is 213 Å². The third-order valence-corrected chi connectivity index (χ3v) is 5.83.